The minimum atomic E-state index is -0.907. The van der Waals surface area contributed by atoms with Gasteiger partial charge in [-0.1, -0.05) is 27.7 Å². The summed E-state index contributed by atoms with van der Waals surface area (Å²) in [5, 5.41) is 11.2. The minimum absolute atomic E-state index is 0.0834. The van der Waals surface area contributed by atoms with Crippen LogP contribution in [0.4, 0.5) is 0 Å². The smallest absolute Gasteiger partial charge is 0.225 e. The average Bonchev–Trinajstić information content (AvgIpc) is 3.03. The summed E-state index contributed by atoms with van der Waals surface area (Å²) in [6, 6.07) is 0. The number of nitrogens with one attached hydrogen (secondary N) is 1. The number of aryl methyl sites for hydroxylation is 2. The van der Waals surface area contributed by atoms with E-state index < -0.39 is 5.60 Å². The molecule has 6 nitrogen and oxygen atoms in total. The van der Waals surface area contributed by atoms with Gasteiger partial charge in [-0.2, -0.15) is 0 Å². The van der Waals surface area contributed by atoms with E-state index in [4.69, 9.17) is 4.98 Å². The first kappa shape index (κ1) is 22.7. The van der Waals surface area contributed by atoms with Crippen molar-refractivity contribution in [2.75, 3.05) is 13.1 Å². The SMILES string of the molecule is Cc1nc2c(C3CCN(C(=O)CC(O)(CC(C)C)CC(C)C)CC3)cnc(C)c2[nH]1. The fourth-order valence-electron chi connectivity index (χ4n) is 5.13. The molecule has 3 heterocycles. The van der Waals surface area contributed by atoms with Crippen LogP contribution >= 0.6 is 0 Å². The number of aliphatic hydroxyl groups is 1. The molecule has 3 rings (SSSR count). The third-order valence-corrected chi connectivity index (χ3v) is 6.20. The fraction of sp³-hybridized carbons (Fsp3) is 0.708. The Kier molecular flexibility index (Phi) is 6.85. The molecule has 1 saturated heterocycles. The Morgan fingerprint density at radius 1 is 1.20 bits per heavy atom. The summed E-state index contributed by atoms with van der Waals surface area (Å²) in [7, 11) is 0. The largest absolute Gasteiger partial charge is 0.389 e. The van der Waals surface area contributed by atoms with Crippen LogP contribution in [-0.4, -0.2) is 49.6 Å². The van der Waals surface area contributed by atoms with E-state index in [2.05, 4.69) is 37.7 Å². The molecule has 0 aliphatic carbocycles. The molecule has 0 unspecified atom stereocenters. The zero-order valence-electron chi connectivity index (χ0n) is 19.5. The summed E-state index contributed by atoms with van der Waals surface area (Å²) in [6.45, 7) is 13.8. The van der Waals surface area contributed by atoms with Gasteiger partial charge in [0.25, 0.3) is 0 Å². The van der Waals surface area contributed by atoms with Crippen LogP contribution in [0.15, 0.2) is 6.20 Å². The van der Waals surface area contributed by atoms with Crippen molar-refractivity contribution in [3.05, 3.63) is 23.3 Å². The maximum atomic E-state index is 13.0. The summed E-state index contributed by atoms with van der Waals surface area (Å²) in [5.41, 5.74) is 3.29. The number of aromatic nitrogens is 3. The second-order valence-electron chi connectivity index (χ2n) is 10.1. The summed E-state index contributed by atoms with van der Waals surface area (Å²) in [4.78, 5) is 27.5. The van der Waals surface area contributed by atoms with E-state index in [1.54, 1.807) is 0 Å². The number of fused-ring (bicyclic) bond motifs is 1. The van der Waals surface area contributed by atoms with E-state index in [1.165, 1.54) is 5.56 Å². The monoisotopic (exact) mass is 414 g/mol. The number of carbonyl (C=O) groups excluding carboxylic acids is 1. The van der Waals surface area contributed by atoms with E-state index in [0.717, 1.165) is 48.5 Å². The quantitative estimate of drug-likeness (QED) is 0.699. The van der Waals surface area contributed by atoms with Gasteiger partial charge in [-0.25, -0.2) is 4.98 Å². The maximum Gasteiger partial charge on any atom is 0.225 e. The number of amides is 1. The van der Waals surface area contributed by atoms with Gasteiger partial charge in [0.05, 0.1) is 28.7 Å². The molecule has 1 aliphatic rings. The Morgan fingerprint density at radius 2 is 1.80 bits per heavy atom. The van der Waals surface area contributed by atoms with Crippen molar-refractivity contribution in [3.63, 3.8) is 0 Å². The second-order valence-corrected chi connectivity index (χ2v) is 10.1. The van der Waals surface area contributed by atoms with E-state index >= 15 is 0 Å². The lowest BCUT2D eigenvalue weighted by molar-refractivity contribution is -0.139. The van der Waals surface area contributed by atoms with E-state index in [1.807, 2.05) is 24.9 Å². The highest BCUT2D eigenvalue weighted by Gasteiger charge is 2.35. The highest BCUT2D eigenvalue weighted by Crippen LogP contribution is 2.34. The summed E-state index contributed by atoms with van der Waals surface area (Å²) in [6.07, 6.45) is 5.33. The Bertz CT molecular complexity index is 869. The Morgan fingerprint density at radius 3 is 2.37 bits per heavy atom. The van der Waals surface area contributed by atoms with Crippen LogP contribution in [0.1, 0.15) is 82.8 Å². The van der Waals surface area contributed by atoms with Crippen molar-refractivity contribution >= 4 is 16.9 Å². The van der Waals surface area contributed by atoms with E-state index in [0.29, 0.717) is 30.6 Å². The number of hydrogen-bond acceptors (Lipinski definition) is 4. The molecule has 2 aromatic heterocycles. The van der Waals surface area contributed by atoms with Gasteiger partial charge in [-0.05, 0) is 57.3 Å². The number of piperidine rings is 1. The molecule has 0 radical (unpaired) electrons. The molecule has 0 saturated carbocycles. The molecule has 166 valence electrons. The summed E-state index contributed by atoms with van der Waals surface area (Å²) in [5.74, 6) is 2.07. The van der Waals surface area contributed by atoms with Gasteiger partial charge < -0.3 is 15.0 Å². The lowest BCUT2D eigenvalue weighted by Gasteiger charge is -2.36. The zero-order valence-corrected chi connectivity index (χ0v) is 19.5. The molecule has 2 N–H and O–H groups in total. The van der Waals surface area contributed by atoms with Crippen molar-refractivity contribution in [1.29, 1.82) is 0 Å². The third-order valence-electron chi connectivity index (χ3n) is 6.20. The lowest BCUT2D eigenvalue weighted by atomic mass is 9.82. The molecular formula is C24H38N4O2. The number of pyridine rings is 1. The van der Waals surface area contributed by atoms with E-state index in [-0.39, 0.29) is 12.3 Å². The van der Waals surface area contributed by atoms with Crippen molar-refractivity contribution in [2.45, 2.75) is 85.2 Å². The summed E-state index contributed by atoms with van der Waals surface area (Å²) < 4.78 is 0. The number of imidazole rings is 1. The molecule has 1 fully saturated rings. The van der Waals surface area contributed by atoms with Crippen molar-refractivity contribution in [2.24, 2.45) is 11.8 Å². The first-order chi connectivity index (χ1) is 14.1. The zero-order chi connectivity index (χ0) is 22.1. The number of likely N-dealkylation sites (tertiary alicyclic amines) is 1. The molecule has 6 heteroatoms. The van der Waals surface area contributed by atoms with Gasteiger partial charge in [-0.15, -0.1) is 0 Å². The standard InChI is InChI=1S/C24H38N4O2/c1-15(2)11-24(30,12-16(3)4)13-21(29)28-9-7-19(8-10-28)20-14-25-17(5)22-23(20)27-18(6)26-22/h14-16,19,30H,7-13H2,1-6H3,(H,26,27). The van der Waals surface area contributed by atoms with Gasteiger partial charge in [-0.3, -0.25) is 9.78 Å². The number of H-pyrrole nitrogens is 1. The number of aromatic amines is 1. The predicted molar refractivity (Wildman–Crippen MR) is 120 cm³/mol. The maximum absolute atomic E-state index is 13.0. The van der Waals surface area contributed by atoms with Crippen LogP contribution in [0.2, 0.25) is 0 Å². The first-order valence-corrected chi connectivity index (χ1v) is 11.4. The molecule has 2 aromatic rings. The number of hydrogen-bond donors (Lipinski definition) is 2. The van der Waals surface area contributed by atoms with Crippen LogP contribution in [0.25, 0.3) is 11.0 Å². The number of rotatable bonds is 7. The molecule has 0 spiro atoms. The van der Waals surface area contributed by atoms with Crippen molar-refractivity contribution in [1.82, 2.24) is 19.9 Å². The minimum Gasteiger partial charge on any atom is -0.389 e. The Hall–Kier alpha value is -1.95. The second kappa shape index (κ2) is 9.04. The molecule has 1 aliphatic heterocycles. The van der Waals surface area contributed by atoms with Crippen LogP contribution in [-0.2, 0) is 4.79 Å². The Labute approximate surface area is 180 Å². The molecule has 30 heavy (non-hydrogen) atoms. The van der Waals surface area contributed by atoms with Crippen molar-refractivity contribution in [3.8, 4) is 0 Å². The molecule has 1 amide bonds. The fourth-order valence-corrected chi connectivity index (χ4v) is 5.13. The molecular weight excluding hydrogens is 376 g/mol. The van der Waals surface area contributed by atoms with Crippen LogP contribution in [0.5, 0.6) is 0 Å². The summed E-state index contributed by atoms with van der Waals surface area (Å²) >= 11 is 0. The van der Waals surface area contributed by atoms with Crippen molar-refractivity contribution < 1.29 is 9.90 Å². The Balaban J connectivity index is 1.66. The number of carbonyl (C=O) groups is 1. The van der Waals surface area contributed by atoms with Crippen LogP contribution in [0, 0.1) is 25.7 Å². The topological polar surface area (TPSA) is 82.1 Å². The third kappa shape index (κ3) is 5.20. The van der Waals surface area contributed by atoms with Gasteiger partial charge in [0.1, 0.15) is 5.82 Å². The van der Waals surface area contributed by atoms with Gasteiger partial charge in [0.15, 0.2) is 0 Å². The molecule has 0 bridgehead atoms. The normalized spacial score (nSPS) is 16.2. The van der Waals surface area contributed by atoms with Crippen LogP contribution < -0.4 is 0 Å². The van der Waals surface area contributed by atoms with Crippen LogP contribution in [0.3, 0.4) is 0 Å². The molecule has 0 aromatic carbocycles. The van der Waals surface area contributed by atoms with Gasteiger partial charge in [0, 0.05) is 24.8 Å². The first-order valence-electron chi connectivity index (χ1n) is 11.4. The lowest BCUT2D eigenvalue weighted by Crippen LogP contribution is -2.44. The highest BCUT2D eigenvalue weighted by atomic mass is 16.3. The average molecular weight is 415 g/mol. The molecule has 0 atom stereocenters. The predicted octanol–water partition coefficient (Wildman–Crippen LogP) is 4.49. The number of nitrogens with zero attached hydrogens (tertiary/aromatic N) is 3. The van der Waals surface area contributed by atoms with E-state index in [9.17, 15) is 9.90 Å². The van der Waals surface area contributed by atoms with Gasteiger partial charge >= 0.3 is 0 Å². The van der Waals surface area contributed by atoms with Gasteiger partial charge in [0.2, 0.25) is 5.91 Å². The highest BCUT2D eigenvalue weighted by molar-refractivity contribution is 5.81.